The van der Waals surface area contributed by atoms with Crippen LogP contribution in [0.3, 0.4) is 0 Å². The van der Waals surface area contributed by atoms with Gasteiger partial charge in [0.15, 0.2) is 11.0 Å². The molecule has 0 bridgehead atoms. The second-order valence-electron chi connectivity index (χ2n) is 5.80. The normalized spacial score (nSPS) is 15.5. The number of aromatic nitrogens is 3. The number of nitrogens with one attached hydrogen (secondary N) is 1. The molecule has 1 N–H and O–H groups in total. The first kappa shape index (κ1) is 16.1. The molecule has 1 fully saturated rings. The van der Waals surface area contributed by atoms with Crippen molar-refractivity contribution in [1.29, 1.82) is 0 Å². The molecule has 2 aromatic rings. The number of thioether (sulfide) groups is 1. The van der Waals surface area contributed by atoms with Gasteiger partial charge in [-0.2, -0.15) is 0 Å². The van der Waals surface area contributed by atoms with Gasteiger partial charge in [0.1, 0.15) is 0 Å². The summed E-state index contributed by atoms with van der Waals surface area (Å²) in [7, 11) is 1.66. The van der Waals surface area contributed by atoms with Crippen molar-refractivity contribution in [3.05, 3.63) is 30.3 Å². The van der Waals surface area contributed by atoms with Gasteiger partial charge in [-0.3, -0.25) is 9.36 Å². The van der Waals surface area contributed by atoms with E-state index in [9.17, 15) is 4.79 Å². The average molecular weight is 330 g/mol. The standard InChI is InChI=1S/C17H22N4OS/c1-18-15(22)12-23-17-20-19-16(13-8-4-2-5-9-13)21(17)14-10-6-3-7-11-14/h2,4-5,8-9,14H,3,6-7,10-12H2,1H3,(H,18,22). The first-order chi connectivity index (χ1) is 11.3. The zero-order valence-corrected chi connectivity index (χ0v) is 14.2. The zero-order valence-electron chi connectivity index (χ0n) is 13.4. The number of hydrogen-bond acceptors (Lipinski definition) is 4. The minimum absolute atomic E-state index is 0.00875. The number of nitrogens with zero attached hydrogens (tertiary/aromatic N) is 3. The van der Waals surface area contributed by atoms with Crippen LogP contribution in [-0.4, -0.2) is 33.5 Å². The smallest absolute Gasteiger partial charge is 0.230 e. The molecule has 0 aliphatic heterocycles. The van der Waals surface area contributed by atoms with Crippen LogP contribution in [0.1, 0.15) is 38.1 Å². The van der Waals surface area contributed by atoms with Crippen molar-refractivity contribution in [2.24, 2.45) is 0 Å². The number of amides is 1. The van der Waals surface area contributed by atoms with Crippen LogP contribution in [0.4, 0.5) is 0 Å². The molecule has 0 spiro atoms. The van der Waals surface area contributed by atoms with Crippen molar-refractivity contribution < 1.29 is 4.79 Å². The van der Waals surface area contributed by atoms with Gasteiger partial charge in [0.2, 0.25) is 5.91 Å². The molecule has 1 amide bonds. The Labute approximate surface area is 140 Å². The molecule has 5 nitrogen and oxygen atoms in total. The van der Waals surface area contributed by atoms with Crippen molar-refractivity contribution in [2.45, 2.75) is 43.3 Å². The summed E-state index contributed by atoms with van der Waals surface area (Å²) < 4.78 is 2.25. The van der Waals surface area contributed by atoms with Crippen LogP contribution < -0.4 is 5.32 Å². The third-order valence-corrected chi connectivity index (χ3v) is 5.19. The van der Waals surface area contributed by atoms with E-state index in [0.29, 0.717) is 11.8 Å². The first-order valence-electron chi connectivity index (χ1n) is 8.13. The van der Waals surface area contributed by atoms with E-state index in [1.165, 1.54) is 31.0 Å². The molecule has 0 radical (unpaired) electrons. The van der Waals surface area contributed by atoms with Gasteiger partial charge < -0.3 is 5.32 Å². The Bertz CT molecular complexity index is 650. The quantitative estimate of drug-likeness (QED) is 0.855. The van der Waals surface area contributed by atoms with E-state index >= 15 is 0 Å². The van der Waals surface area contributed by atoms with E-state index < -0.39 is 0 Å². The molecular formula is C17H22N4OS. The average Bonchev–Trinajstić information content (AvgIpc) is 3.05. The van der Waals surface area contributed by atoms with E-state index in [-0.39, 0.29) is 5.91 Å². The Balaban J connectivity index is 1.92. The zero-order chi connectivity index (χ0) is 16.1. The number of hydrogen-bond donors (Lipinski definition) is 1. The summed E-state index contributed by atoms with van der Waals surface area (Å²) >= 11 is 1.47. The lowest BCUT2D eigenvalue weighted by Crippen LogP contribution is -2.20. The molecule has 1 aliphatic rings. The van der Waals surface area contributed by atoms with Crippen LogP contribution in [0.5, 0.6) is 0 Å². The Kier molecular flexibility index (Phi) is 5.33. The fraction of sp³-hybridized carbons (Fsp3) is 0.471. The minimum Gasteiger partial charge on any atom is -0.358 e. The second-order valence-corrected chi connectivity index (χ2v) is 6.74. The Morgan fingerprint density at radius 3 is 2.65 bits per heavy atom. The summed E-state index contributed by atoms with van der Waals surface area (Å²) in [4.78, 5) is 11.6. The Morgan fingerprint density at radius 2 is 1.96 bits per heavy atom. The van der Waals surface area contributed by atoms with Gasteiger partial charge in [0, 0.05) is 18.7 Å². The summed E-state index contributed by atoms with van der Waals surface area (Å²) in [6, 6.07) is 10.6. The van der Waals surface area contributed by atoms with Crippen molar-refractivity contribution in [3.63, 3.8) is 0 Å². The molecule has 1 saturated carbocycles. The summed E-state index contributed by atoms with van der Waals surface area (Å²) in [6.45, 7) is 0. The molecule has 0 unspecified atom stereocenters. The van der Waals surface area contributed by atoms with E-state index in [4.69, 9.17) is 0 Å². The third kappa shape index (κ3) is 3.75. The molecule has 6 heteroatoms. The van der Waals surface area contributed by atoms with Crippen LogP contribution in [0.25, 0.3) is 11.4 Å². The maximum atomic E-state index is 11.6. The molecule has 1 heterocycles. The van der Waals surface area contributed by atoms with Crippen LogP contribution in [-0.2, 0) is 4.79 Å². The number of benzene rings is 1. The maximum absolute atomic E-state index is 11.6. The van der Waals surface area contributed by atoms with Gasteiger partial charge in [-0.1, -0.05) is 61.4 Å². The monoisotopic (exact) mass is 330 g/mol. The lowest BCUT2D eigenvalue weighted by Gasteiger charge is -2.25. The van der Waals surface area contributed by atoms with Crippen molar-refractivity contribution in [2.75, 3.05) is 12.8 Å². The van der Waals surface area contributed by atoms with Gasteiger partial charge in [0.25, 0.3) is 0 Å². The van der Waals surface area contributed by atoms with E-state index in [1.54, 1.807) is 7.05 Å². The van der Waals surface area contributed by atoms with Crippen molar-refractivity contribution in [3.8, 4) is 11.4 Å². The first-order valence-corrected chi connectivity index (χ1v) is 9.12. The molecule has 1 aliphatic carbocycles. The molecular weight excluding hydrogens is 308 g/mol. The summed E-state index contributed by atoms with van der Waals surface area (Å²) in [5, 5.41) is 12.3. The highest BCUT2D eigenvalue weighted by molar-refractivity contribution is 7.99. The highest BCUT2D eigenvalue weighted by atomic mass is 32.2. The molecule has 0 saturated heterocycles. The Hall–Kier alpha value is -1.82. The molecule has 0 atom stereocenters. The van der Waals surface area contributed by atoms with Crippen LogP contribution >= 0.6 is 11.8 Å². The SMILES string of the molecule is CNC(=O)CSc1nnc(-c2ccccc2)n1C1CCCCC1. The highest BCUT2D eigenvalue weighted by Crippen LogP contribution is 2.35. The van der Waals surface area contributed by atoms with Gasteiger partial charge in [-0.25, -0.2) is 0 Å². The van der Waals surface area contributed by atoms with Gasteiger partial charge in [-0.15, -0.1) is 10.2 Å². The fourth-order valence-corrected chi connectivity index (χ4v) is 3.91. The van der Waals surface area contributed by atoms with Crippen LogP contribution in [0.15, 0.2) is 35.5 Å². The second kappa shape index (κ2) is 7.64. The van der Waals surface area contributed by atoms with E-state index in [1.807, 2.05) is 18.2 Å². The lowest BCUT2D eigenvalue weighted by molar-refractivity contribution is -0.118. The van der Waals surface area contributed by atoms with Crippen LogP contribution in [0.2, 0.25) is 0 Å². The van der Waals surface area contributed by atoms with Gasteiger partial charge >= 0.3 is 0 Å². The predicted molar refractivity (Wildman–Crippen MR) is 92.4 cm³/mol. The van der Waals surface area contributed by atoms with Crippen LogP contribution in [0, 0.1) is 0 Å². The number of carbonyl (C=O) groups excluding carboxylic acids is 1. The topological polar surface area (TPSA) is 59.8 Å². The molecule has 23 heavy (non-hydrogen) atoms. The summed E-state index contributed by atoms with van der Waals surface area (Å²) in [5.41, 5.74) is 1.08. The largest absolute Gasteiger partial charge is 0.358 e. The highest BCUT2D eigenvalue weighted by Gasteiger charge is 2.24. The summed E-state index contributed by atoms with van der Waals surface area (Å²) in [5.74, 6) is 1.29. The predicted octanol–water partition coefficient (Wildman–Crippen LogP) is 3.29. The lowest BCUT2D eigenvalue weighted by atomic mass is 9.95. The molecule has 122 valence electrons. The maximum Gasteiger partial charge on any atom is 0.230 e. The molecule has 1 aromatic heterocycles. The van der Waals surface area contributed by atoms with Crippen molar-refractivity contribution >= 4 is 17.7 Å². The number of rotatable bonds is 5. The minimum atomic E-state index is 0.00875. The summed E-state index contributed by atoms with van der Waals surface area (Å²) in [6.07, 6.45) is 6.12. The molecule has 3 rings (SSSR count). The van der Waals surface area contributed by atoms with E-state index in [2.05, 4.69) is 32.2 Å². The Morgan fingerprint density at radius 1 is 1.22 bits per heavy atom. The third-order valence-electron chi connectivity index (χ3n) is 4.25. The van der Waals surface area contributed by atoms with Crippen molar-refractivity contribution in [1.82, 2.24) is 20.1 Å². The van der Waals surface area contributed by atoms with Gasteiger partial charge in [0.05, 0.1) is 5.75 Å². The molecule has 1 aromatic carbocycles. The number of carbonyl (C=O) groups is 1. The fourth-order valence-electron chi connectivity index (χ4n) is 3.03. The van der Waals surface area contributed by atoms with Gasteiger partial charge in [-0.05, 0) is 12.8 Å². The van der Waals surface area contributed by atoms with E-state index in [0.717, 1.165) is 29.4 Å².